The average molecular weight is 391 g/mol. The smallest absolute Gasteiger partial charge is 0.230 e. The second-order valence-corrected chi connectivity index (χ2v) is 7.85. The van der Waals surface area contributed by atoms with Crippen LogP contribution in [-0.4, -0.2) is 39.6 Å². The van der Waals surface area contributed by atoms with Crippen LogP contribution in [0.1, 0.15) is 40.5 Å². The highest BCUT2D eigenvalue weighted by Crippen LogP contribution is 2.26. The standard InChI is InChI=1S/C20H30N4O2S/c1-6-16(7-2)21-18(25)13-27-20-23-22-19(24(20)12-14(3)4)15-8-10-17(26-5)11-9-15/h8-11,14,16H,6-7,12-13H2,1-5H3,(H,21,25). The minimum atomic E-state index is 0.0406. The van der Waals surface area contributed by atoms with Gasteiger partial charge in [0.1, 0.15) is 5.75 Å². The number of nitrogens with one attached hydrogen (secondary N) is 1. The van der Waals surface area contributed by atoms with Crippen LogP contribution in [-0.2, 0) is 11.3 Å². The Morgan fingerprint density at radius 2 is 1.85 bits per heavy atom. The van der Waals surface area contributed by atoms with Crippen LogP contribution < -0.4 is 10.1 Å². The number of hydrogen-bond donors (Lipinski definition) is 1. The summed E-state index contributed by atoms with van der Waals surface area (Å²) < 4.78 is 7.33. The van der Waals surface area contributed by atoms with E-state index in [1.165, 1.54) is 11.8 Å². The van der Waals surface area contributed by atoms with Crippen molar-refractivity contribution >= 4 is 17.7 Å². The molecular formula is C20H30N4O2S. The molecule has 0 saturated carbocycles. The fourth-order valence-corrected chi connectivity index (χ4v) is 3.53. The number of benzene rings is 1. The molecule has 7 heteroatoms. The molecule has 2 rings (SSSR count). The van der Waals surface area contributed by atoms with Gasteiger partial charge in [-0.05, 0) is 43.0 Å². The lowest BCUT2D eigenvalue weighted by atomic mass is 10.2. The van der Waals surface area contributed by atoms with Crippen molar-refractivity contribution in [3.63, 3.8) is 0 Å². The summed E-state index contributed by atoms with van der Waals surface area (Å²) in [4.78, 5) is 12.2. The van der Waals surface area contributed by atoms with Gasteiger partial charge in [0.05, 0.1) is 12.9 Å². The van der Waals surface area contributed by atoms with Gasteiger partial charge in [0, 0.05) is 18.2 Å². The third-order valence-electron chi connectivity index (χ3n) is 4.30. The van der Waals surface area contributed by atoms with Gasteiger partial charge in [-0.1, -0.05) is 39.5 Å². The van der Waals surface area contributed by atoms with E-state index in [0.29, 0.717) is 11.7 Å². The highest BCUT2D eigenvalue weighted by atomic mass is 32.2. The highest BCUT2D eigenvalue weighted by molar-refractivity contribution is 7.99. The molecule has 1 N–H and O–H groups in total. The van der Waals surface area contributed by atoms with Crippen molar-refractivity contribution in [1.82, 2.24) is 20.1 Å². The molecule has 2 aromatic rings. The van der Waals surface area contributed by atoms with Crippen molar-refractivity contribution in [3.8, 4) is 17.1 Å². The molecule has 0 unspecified atom stereocenters. The number of rotatable bonds is 10. The molecule has 0 fully saturated rings. The van der Waals surface area contributed by atoms with Gasteiger partial charge in [-0.2, -0.15) is 0 Å². The van der Waals surface area contributed by atoms with Gasteiger partial charge in [0.15, 0.2) is 11.0 Å². The van der Waals surface area contributed by atoms with E-state index in [0.717, 1.165) is 41.7 Å². The van der Waals surface area contributed by atoms with Crippen LogP contribution in [0.3, 0.4) is 0 Å². The van der Waals surface area contributed by atoms with E-state index in [4.69, 9.17) is 4.74 Å². The van der Waals surface area contributed by atoms with E-state index >= 15 is 0 Å². The Kier molecular flexibility index (Phi) is 8.16. The zero-order valence-electron chi connectivity index (χ0n) is 16.9. The van der Waals surface area contributed by atoms with Crippen LogP contribution in [0.5, 0.6) is 5.75 Å². The minimum Gasteiger partial charge on any atom is -0.497 e. The summed E-state index contributed by atoms with van der Waals surface area (Å²) in [5, 5.41) is 12.6. The zero-order chi connectivity index (χ0) is 19.8. The number of hydrogen-bond acceptors (Lipinski definition) is 5. The van der Waals surface area contributed by atoms with Crippen molar-refractivity contribution in [2.45, 2.75) is 58.3 Å². The van der Waals surface area contributed by atoms with Crippen LogP contribution in [0.25, 0.3) is 11.4 Å². The van der Waals surface area contributed by atoms with Gasteiger partial charge < -0.3 is 14.6 Å². The molecule has 6 nitrogen and oxygen atoms in total. The number of carbonyl (C=O) groups excluding carboxylic acids is 1. The first-order valence-electron chi connectivity index (χ1n) is 9.48. The molecule has 1 aromatic carbocycles. The van der Waals surface area contributed by atoms with E-state index < -0.39 is 0 Å². The fourth-order valence-electron chi connectivity index (χ4n) is 2.77. The van der Waals surface area contributed by atoms with Crippen LogP contribution in [0, 0.1) is 5.92 Å². The van der Waals surface area contributed by atoms with Gasteiger partial charge in [0.25, 0.3) is 0 Å². The summed E-state index contributed by atoms with van der Waals surface area (Å²) in [5.74, 6) is 2.44. The van der Waals surface area contributed by atoms with Crippen molar-refractivity contribution < 1.29 is 9.53 Å². The van der Waals surface area contributed by atoms with Crippen LogP contribution in [0.15, 0.2) is 29.4 Å². The van der Waals surface area contributed by atoms with Gasteiger partial charge in [-0.3, -0.25) is 4.79 Å². The molecule has 0 radical (unpaired) electrons. The van der Waals surface area contributed by atoms with Crippen molar-refractivity contribution in [2.24, 2.45) is 5.92 Å². The molecule has 0 spiro atoms. The van der Waals surface area contributed by atoms with E-state index in [1.807, 2.05) is 24.3 Å². The van der Waals surface area contributed by atoms with Crippen LogP contribution in [0.4, 0.5) is 0 Å². The van der Waals surface area contributed by atoms with Crippen LogP contribution in [0.2, 0.25) is 0 Å². The quantitative estimate of drug-likeness (QED) is 0.621. The number of methoxy groups -OCH3 is 1. The number of nitrogens with zero attached hydrogens (tertiary/aromatic N) is 3. The third kappa shape index (κ3) is 5.99. The van der Waals surface area contributed by atoms with Gasteiger partial charge in [0.2, 0.25) is 5.91 Å². The Hall–Kier alpha value is -2.02. The average Bonchev–Trinajstić information content (AvgIpc) is 3.06. The Labute approximate surface area is 166 Å². The predicted octanol–water partition coefficient (Wildman–Crippen LogP) is 4.01. The highest BCUT2D eigenvalue weighted by Gasteiger charge is 2.17. The second kappa shape index (κ2) is 10.3. The van der Waals surface area contributed by atoms with Crippen molar-refractivity contribution in [3.05, 3.63) is 24.3 Å². The van der Waals surface area contributed by atoms with E-state index in [9.17, 15) is 4.79 Å². The Balaban J connectivity index is 2.16. The lowest BCUT2D eigenvalue weighted by molar-refractivity contribution is -0.119. The molecule has 0 bridgehead atoms. The summed E-state index contributed by atoms with van der Waals surface area (Å²) in [5.41, 5.74) is 0.984. The third-order valence-corrected chi connectivity index (χ3v) is 5.26. The summed E-state index contributed by atoms with van der Waals surface area (Å²) >= 11 is 1.44. The first-order chi connectivity index (χ1) is 13.0. The van der Waals surface area contributed by atoms with Crippen molar-refractivity contribution in [2.75, 3.05) is 12.9 Å². The lowest BCUT2D eigenvalue weighted by Crippen LogP contribution is -2.35. The maximum Gasteiger partial charge on any atom is 0.230 e. The fraction of sp³-hybridized carbons (Fsp3) is 0.550. The second-order valence-electron chi connectivity index (χ2n) is 6.91. The summed E-state index contributed by atoms with van der Waals surface area (Å²) in [7, 11) is 1.65. The van der Waals surface area contributed by atoms with Crippen LogP contribution >= 0.6 is 11.8 Å². The molecule has 148 valence electrons. The summed E-state index contributed by atoms with van der Waals surface area (Å²) in [6, 6.07) is 8.03. The number of carbonyl (C=O) groups is 1. The first-order valence-corrected chi connectivity index (χ1v) is 10.5. The molecule has 0 aliphatic rings. The minimum absolute atomic E-state index is 0.0406. The topological polar surface area (TPSA) is 69.0 Å². The van der Waals surface area contributed by atoms with E-state index in [1.54, 1.807) is 7.11 Å². The number of thioether (sulfide) groups is 1. The van der Waals surface area contributed by atoms with E-state index in [2.05, 4.69) is 47.8 Å². The molecule has 1 heterocycles. The van der Waals surface area contributed by atoms with Crippen molar-refractivity contribution in [1.29, 1.82) is 0 Å². The predicted molar refractivity (Wildman–Crippen MR) is 110 cm³/mol. The molecule has 1 aromatic heterocycles. The zero-order valence-corrected chi connectivity index (χ0v) is 17.7. The number of amides is 1. The lowest BCUT2D eigenvalue weighted by Gasteiger charge is -2.15. The van der Waals surface area contributed by atoms with Gasteiger partial charge >= 0.3 is 0 Å². The maximum atomic E-state index is 12.2. The molecule has 0 atom stereocenters. The normalized spacial score (nSPS) is 11.2. The van der Waals surface area contributed by atoms with E-state index in [-0.39, 0.29) is 11.9 Å². The summed E-state index contributed by atoms with van der Waals surface area (Å²) in [6.45, 7) is 9.28. The maximum absolute atomic E-state index is 12.2. The molecule has 0 aliphatic carbocycles. The largest absolute Gasteiger partial charge is 0.497 e. The number of ether oxygens (including phenoxy) is 1. The molecular weight excluding hydrogens is 360 g/mol. The Bertz CT molecular complexity index is 724. The monoisotopic (exact) mass is 390 g/mol. The first kappa shape index (κ1) is 21.3. The SMILES string of the molecule is CCC(CC)NC(=O)CSc1nnc(-c2ccc(OC)cc2)n1CC(C)C. The molecule has 0 saturated heterocycles. The van der Waals surface area contributed by atoms with Gasteiger partial charge in [-0.15, -0.1) is 10.2 Å². The molecule has 0 aliphatic heterocycles. The molecule has 27 heavy (non-hydrogen) atoms. The molecule has 1 amide bonds. The Morgan fingerprint density at radius 1 is 1.19 bits per heavy atom. The summed E-state index contributed by atoms with van der Waals surface area (Å²) in [6.07, 6.45) is 1.89. The number of aromatic nitrogens is 3. The Morgan fingerprint density at radius 3 is 2.41 bits per heavy atom. The van der Waals surface area contributed by atoms with Gasteiger partial charge in [-0.25, -0.2) is 0 Å².